The van der Waals surface area contributed by atoms with E-state index >= 15 is 0 Å². The first kappa shape index (κ1) is 18.7. The molecule has 1 N–H and O–H groups in total. The zero-order chi connectivity index (χ0) is 19.6. The van der Waals surface area contributed by atoms with Gasteiger partial charge in [0.25, 0.3) is 11.7 Å². The molecule has 0 fully saturated rings. The number of halogens is 2. The Labute approximate surface area is 158 Å². The molecule has 0 atom stereocenters. The van der Waals surface area contributed by atoms with E-state index in [9.17, 15) is 14.0 Å². The Morgan fingerprint density at radius 3 is 2.85 bits per heavy atom. The molecule has 27 heavy (non-hydrogen) atoms. The number of hydrogen-bond acceptors (Lipinski definition) is 6. The number of anilines is 1. The molecule has 2 heterocycles. The Morgan fingerprint density at radius 1 is 1.33 bits per heavy atom. The number of nitrogens with zero attached hydrogens (tertiary/aromatic N) is 4. The lowest BCUT2D eigenvalue weighted by molar-refractivity contribution is -0.146. The van der Waals surface area contributed by atoms with Crippen LogP contribution in [0.4, 0.5) is 10.1 Å². The molecule has 0 aliphatic heterocycles. The summed E-state index contributed by atoms with van der Waals surface area (Å²) in [7, 11) is 0. The maximum Gasteiger partial charge on any atom is 0.310 e. The predicted molar refractivity (Wildman–Crippen MR) is 95.0 cm³/mol. The highest BCUT2D eigenvalue weighted by molar-refractivity contribution is 6.33. The Balaban J connectivity index is 1.60. The second-order valence-corrected chi connectivity index (χ2v) is 6.15. The number of nitrogens with one attached hydrogen (secondary N) is 1. The molecule has 0 aliphatic rings. The maximum absolute atomic E-state index is 13.0. The zero-order valence-electron chi connectivity index (χ0n) is 14.5. The lowest BCUT2D eigenvalue weighted by Crippen LogP contribution is -2.22. The number of esters is 1. The minimum absolute atomic E-state index is 0.0492. The number of carbonyl (C=O) groups excluding carboxylic acids is 2. The van der Waals surface area contributed by atoms with E-state index in [1.807, 2.05) is 0 Å². The fraction of sp³-hybridized carbons (Fsp3) is 0.235. The van der Waals surface area contributed by atoms with Crippen LogP contribution in [0.25, 0.3) is 5.78 Å². The van der Waals surface area contributed by atoms with Crippen molar-refractivity contribution in [3.05, 3.63) is 52.3 Å². The van der Waals surface area contributed by atoms with Crippen molar-refractivity contribution in [1.82, 2.24) is 19.6 Å². The molecule has 0 bridgehead atoms. The van der Waals surface area contributed by atoms with Crippen LogP contribution in [0.1, 0.15) is 17.0 Å². The number of fused-ring (bicyclic) bond motifs is 1. The summed E-state index contributed by atoms with van der Waals surface area (Å²) in [5.41, 5.74) is 2.23. The molecule has 0 spiro atoms. The van der Waals surface area contributed by atoms with Gasteiger partial charge in [0.15, 0.2) is 6.61 Å². The molecule has 10 heteroatoms. The van der Waals surface area contributed by atoms with Gasteiger partial charge in [-0.15, -0.1) is 0 Å². The van der Waals surface area contributed by atoms with Crippen LogP contribution in [0.5, 0.6) is 0 Å². The van der Waals surface area contributed by atoms with Crippen molar-refractivity contribution >= 4 is 34.9 Å². The van der Waals surface area contributed by atoms with Crippen LogP contribution in [0.3, 0.4) is 0 Å². The van der Waals surface area contributed by atoms with E-state index in [0.29, 0.717) is 17.0 Å². The van der Waals surface area contributed by atoms with Gasteiger partial charge in [0.2, 0.25) is 0 Å². The fourth-order valence-corrected chi connectivity index (χ4v) is 2.74. The summed E-state index contributed by atoms with van der Waals surface area (Å²) >= 11 is 5.83. The molecule has 3 rings (SSSR count). The van der Waals surface area contributed by atoms with Crippen molar-refractivity contribution in [1.29, 1.82) is 0 Å². The second-order valence-electron chi connectivity index (χ2n) is 5.74. The SMILES string of the molecule is Cc1nc2ncnn2c(C)c1CC(=O)OCC(=O)Nc1ccc(F)cc1Cl. The van der Waals surface area contributed by atoms with E-state index in [1.165, 1.54) is 16.9 Å². The molecule has 0 saturated carbocycles. The van der Waals surface area contributed by atoms with Crippen LogP contribution in [-0.4, -0.2) is 38.1 Å². The van der Waals surface area contributed by atoms with Gasteiger partial charge < -0.3 is 10.1 Å². The van der Waals surface area contributed by atoms with Crippen LogP contribution in [0.15, 0.2) is 24.5 Å². The minimum Gasteiger partial charge on any atom is -0.455 e. The van der Waals surface area contributed by atoms with E-state index in [-0.39, 0.29) is 17.1 Å². The summed E-state index contributed by atoms with van der Waals surface area (Å²) in [6, 6.07) is 3.55. The summed E-state index contributed by atoms with van der Waals surface area (Å²) < 4.78 is 19.5. The van der Waals surface area contributed by atoms with E-state index < -0.39 is 24.3 Å². The summed E-state index contributed by atoms with van der Waals surface area (Å²) in [5, 5.41) is 6.55. The van der Waals surface area contributed by atoms with E-state index in [0.717, 1.165) is 17.8 Å². The van der Waals surface area contributed by atoms with Crippen LogP contribution in [-0.2, 0) is 20.7 Å². The van der Waals surface area contributed by atoms with Gasteiger partial charge >= 0.3 is 5.97 Å². The number of hydrogen-bond donors (Lipinski definition) is 1. The fourth-order valence-electron chi connectivity index (χ4n) is 2.53. The third kappa shape index (κ3) is 4.20. The van der Waals surface area contributed by atoms with Gasteiger partial charge in [0, 0.05) is 17.0 Å². The van der Waals surface area contributed by atoms with Crippen molar-refractivity contribution < 1.29 is 18.7 Å². The lowest BCUT2D eigenvalue weighted by atomic mass is 10.1. The predicted octanol–water partition coefficient (Wildman–Crippen LogP) is 2.26. The van der Waals surface area contributed by atoms with Gasteiger partial charge in [-0.25, -0.2) is 13.9 Å². The summed E-state index contributed by atoms with van der Waals surface area (Å²) in [5.74, 6) is -1.26. The van der Waals surface area contributed by atoms with E-state index in [2.05, 4.69) is 20.4 Å². The lowest BCUT2D eigenvalue weighted by Gasteiger charge is -2.11. The highest BCUT2D eigenvalue weighted by Gasteiger charge is 2.16. The number of amides is 1. The average molecular weight is 392 g/mol. The molecule has 140 valence electrons. The minimum atomic E-state index is -0.595. The molecule has 0 unspecified atom stereocenters. The van der Waals surface area contributed by atoms with Gasteiger partial charge in [0.1, 0.15) is 12.1 Å². The standard InChI is InChI=1S/C17H15ClFN5O3/c1-9-12(10(2)24-17(22-9)20-8-21-24)6-16(26)27-7-15(25)23-14-4-3-11(19)5-13(14)18/h3-5,8H,6-7H2,1-2H3,(H,23,25). The first-order valence-electron chi connectivity index (χ1n) is 7.91. The second kappa shape index (κ2) is 7.67. The summed E-state index contributed by atoms with van der Waals surface area (Å²) in [6.07, 6.45) is 1.31. The average Bonchev–Trinajstić information content (AvgIpc) is 3.07. The monoisotopic (exact) mass is 391 g/mol. The Kier molecular flexibility index (Phi) is 5.31. The number of aromatic nitrogens is 4. The molecule has 1 aromatic carbocycles. The van der Waals surface area contributed by atoms with Crippen LogP contribution < -0.4 is 5.32 Å². The summed E-state index contributed by atoms with van der Waals surface area (Å²) in [4.78, 5) is 32.3. The number of aryl methyl sites for hydroxylation is 2. The number of rotatable bonds is 5. The first-order valence-corrected chi connectivity index (χ1v) is 8.29. The summed E-state index contributed by atoms with van der Waals surface area (Å²) in [6.45, 7) is 3.05. The molecular formula is C17H15ClFN5O3. The van der Waals surface area contributed by atoms with Gasteiger partial charge in [-0.1, -0.05) is 11.6 Å². The first-order chi connectivity index (χ1) is 12.8. The van der Waals surface area contributed by atoms with Crippen LogP contribution in [0.2, 0.25) is 5.02 Å². The van der Waals surface area contributed by atoms with Gasteiger partial charge in [-0.2, -0.15) is 10.1 Å². The molecule has 0 radical (unpaired) electrons. The quantitative estimate of drug-likeness (QED) is 0.670. The molecule has 3 aromatic rings. The van der Waals surface area contributed by atoms with Crippen LogP contribution in [0, 0.1) is 19.7 Å². The third-order valence-corrected chi connectivity index (χ3v) is 4.19. The van der Waals surface area contributed by atoms with E-state index in [4.69, 9.17) is 16.3 Å². The Bertz CT molecular complexity index is 1040. The molecular weight excluding hydrogens is 377 g/mol. The highest BCUT2D eigenvalue weighted by atomic mass is 35.5. The number of benzene rings is 1. The molecule has 0 aliphatic carbocycles. The van der Waals surface area contributed by atoms with Crippen molar-refractivity contribution in [3.63, 3.8) is 0 Å². The molecule has 0 saturated heterocycles. The molecule has 1 amide bonds. The Morgan fingerprint density at radius 2 is 2.11 bits per heavy atom. The number of carbonyl (C=O) groups is 2. The normalized spacial score (nSPS) is 10.8. The molecule has 2 aromatic heterocycles. The highest BCUT2D eigenvalue weighted by Crippen LogP contribution is 2.22. The van der Waals surface area contributed by atoms with Crippen molar-refractivity contribution in [3.8, 4) is 0 Å². The largest absolute Gasteiger partial charge is 0.455 e. The van der Waals surface area contributed by atoms with E-state index in [1.54, 1.807) is 13.8 Å². The van der Waals surface area contributed by atoms with Crippen LogP contribution >= 0.6 is 11.6 Å². The topological polar surface area (TPSA) is 98.5 Å². The van der Waals surface area contributed by atoms with Crippen molar-refractivity contribution in [2.24, 2.45) is 0 Å². The van der Waals surface area contributed by atoms with Gasteiger partial charge in [-0.05, 0) is 32.0 Å². The van der Waals surface area contributed by atoms with Gasteiger partial charge in [0.05, 0.1) is 17.1 Å². The van der Waals surface area contributed by atoms with Crippen molar-refractivity contribution in [2.75, 3.05) is 11.9 Å². The maximum atomic E-state index is 13.0. The van der Waals surface area contributed by atoms with Crippen molar-refractivity contribution in [2.45, 2.75) is 20.3 Å². The smallest absolute Gasteiger partial charge is 0.310 e. The zero-order valence-corrected chi connectivity index (χ0v) is 15.2. The Hall–Kier alpha value is -3.07. The molecule has 8 nitrogen and oxygen atoms in total. The third-order valence-electron chi connectivity index (χ3n) is 3.88. The van der Waals surface area contributed by atoms with Gasteiger partial charge in [-0.3, -0.25) is 9.59 Å². The number of ether oxygens (including phenoxy) is 1.